The van der Waals surface area contributed by atoms with Gasteiger partial charge in [0.15, 0.2) is 0 Å². The lowest BCUT2D eigenvalue weighted by atomic mass is 10.0. The van der Waals surface area contributed by atoms with E-state index in [-0.39, 0.29) is 23.0 Å². The highest BCUT2D eigenvalue weighted by Crippen LogP contribution is 2.42. The zero-order valence-electron chi connectivity index (χ0n) is 23.1. The van der Waals surface area contributed by atoms with Crippen LogP contribution in [0.25, 0.3) is 21.2 Å². The second-order valence-electron chi connectivity index (χ2n) is 9.90. The molecule has 2 aromatic carbocycles. The number of fused-ring (bicyclic) bond motifs is 1. The number of halogens is 1. The third-order valence-electron chi connectivity index (χ3n) is 6.92. The van der Waals surface area contributed by atoms with Gasteiger partial charge in [0.2, 0.25) is 10.0 Å². The van der Waals surface area contributed by atoms with E-state index in [1.54, 1.807) is 56.3 Å². The first kappa shape index (κ1) is 28.8. The van der Waals surface area contributed by atoms with Crippen molar-refractivity contribution in [2.75, 3.05) is 36.8 Å². The van der Waals surface area contributed by atoms with E-state index in [0.717, 1.165) is 0 Å². The average molecular weight is 600 g/mol. The summed E-state index contributed by atoms with van der Waals surface area (Å²) in [5.74, 6) is 0.159. The predicted octanol–water partition coefficient (Wildman–Crippen LogP) is 5.05. The Kier molecular flexibility index (Phi) is 7.91. The van der Waals surface area contributed by atoms with Crippen LogP contribution in [0, 0.1) is 19.7 Å². The van der Waals surface area contributed by atoms with Crippen LogP contribution >= 0.6 is 11.3 Å². The van der Waals surface area contributed by atoms with Crippen LogP contribution in [0.3, 0.4) is 0 Å². The SMILES string of the molecule is CCS(=O)(=O)Nc1ccc(Oc2c(C)cc(F)cc2C)c(-c2cn(C)c(=O)c3cc(C(=O)N4CCOCC4)sc23)c1. The number of rotatable bonds is 7. The molecule has 3 heterocycles. The van der Waals surface area contributed by atoms with E-state index < -0.39 is 10.0 Å². The summed E-state index contributed by atoms with van der Waals surface area (Å²) < 4.78 is 55.0. The molecule has 0 unspecified atom stereocenters. The summed E-state index contributed by atoms with van der Waals surface area (Å²) in [5, 5.41) is 0.367. The van der Waals surface area contributed by atoms with Gasteiger partial charge in [-0.15, -0.1) is 11.3 Å². The van der Waals surface area contributed by atoms with Gasteiger partial charge in [-0.25, -0.2) is 12.8 Å². The first-order valence-electron chi connectivity index (χ1n) is 13.1. The molecule has 1 aliphatic heterocycles. The van der Waals surface area contributed by atoms with Gasteiger partial charge < -0.3 is 18.9 Å². The van der Waals surface area contributed by atoms with Crippen LogP contribution in [0.15, 0.2) is 47.4 Å². The Morgan fingerprint density at radius 1 is 1.10 bits per heavy atom. The fourth-order valence-electron chi connectivity index (χ4n) is 4.78. The standard InChI is InChI=1S/C29H30FN3O6S2/c1-5-41(36,37)31-20-6-7-24(39-26-17(2)12-19(30)13-18(26)3)21(14-20)23-16-32(4)28(34)22-15-25(40-27(22)23)29(35)33-8-10-38-11-9-33/h6-7,12-16,31H,5,8-11H2,1-4H3. The molecule has 1 fully saturated rings. The number of carbonyl (C=O) groups is 1. The summed E-state index contributed by atoms with van der Waals surface area (Å²) in [6, 6.07) is 9.22. The lowest BCUT2D eigenvalue weighted by Gasteiger charge is -2.26. The molecule has 9 nitrogen and oxygen atoms in total. The highest BCUT2D eigenvalue weighted by atomic mass is 32.2. The molecule has 41 heavy (non-hydrogen) atoms. The van der Waals surface area contributed by atoms with E-state index >= 15 is 0 Å². The van der Waals surface area contributed by atoms with Gasteiger partial charge in [0.1, 0.15) is 17.3 Å². The van der Waals surface area contributed by atoms with Crippen LogP contribution in [-0.2, 0) is 21.8 Å². The lowest BCUT2D eigenvalue weighted by molar-refractivity contribution is 0.0306. The van der Waals surface area contributed by atoms with Crippen LogP contribution in [0.2, 0.25) is 0 Å². The molecule has 4 aromatic rings. The molecular formula is C29H30FN3O6S2. The molecule has 0 radical (unpaired) electrons. The van der Waals surface area contributed by atoms with Crippen molar-refractivity contribution in [3.8, 4) is 22.6 Å². The maximum atomic E-state index is 14.0. The van der Waals surface area contributed by atoms with Crippen LogP contribution in [0.1, 0.15) is 27.7 Å². The summed E-state index contributed by atoms with van der Waals surface area (Å²) in [7, 11) is -1.97. The Hall–Kier alpha value is -3.74. The molecule has 12 heteroatoms. The summed E-state index contributed by atoms with van der Waals surface area (Å²) in [5.41, 5.74) is 2.30. The minimum absolute atomic E-state index is 0.115. The third-order valence-corrected chi connectivity index (χ3v) is 9.38. The number of benzene rings is 2. The molecule has 1 amide bonds. The van der Waals surface area contributed by atoms with Crippen molar-refractivity contribution in [3.05, 3.63) is 74.8 Å². The van der Waals surface area contributed by atoms with Gasteiger partial charge in [0, 0.05) is 43.1 Å². The number of morpholine rings is 1. The van der Waals surface area contributed by atoms with Crippen molar-refractivity contribution in [1.29, 1.82) is 0 Å². The molecule has 2 aromatic heterocycles. The molecular weight excluding hydrogens is 569 g/mol. The molecule has 0 atom stereocenters. The number of carbonyl (C=O) groups excluding carboxylic acids is 1. The second-order valence-corrected chi connectivity index (χ2v) is 13.0. The summed E-state index contributed by atoms with van der Waals surface area (Å²) >= 11 is 1.20. The van der Waals surface area contributed by atoms with E-state index in [4.69, 9.17) is 9.47 Å². The zero-order chi connectivity index (χ0) is 29.5. The van der Waals surface area contributed by atoms with E-state index in [9.17, 15) is 22.4 Å². The molecule has 5 rings (SSSR count). The van der Waals surface area contributed by atoms with Crippen molar-refractivity contribution in [1.82, 2.24) is 9.47 Å². The van der Waals surface area contributed by atoms with Crippen molar-refractivity contribution in [2.24, 2.45) is 7.05 Å². The first-order chi connectivity index (χ1) is 19.5. The summed E-state index contributed by atoms with van der Waals surface area (Å²) in [4.78, 5) is 28.6. The van der Waals surface area contributed by atoms with Crippen LogP contribution in [-0.4, -0.2) is 55.8 Å². The number of nitrogens with one attached hydrogen (secondary N) is 1. The predicted molar refractivity (Wildman–Crippen MR) is 158 cm³/mol. The van der Waals surface area contributed by atoms with Gasteiger partial charge in [-0.2, -0.15) is 0 Å². The van der Waals surface area contributed by atoms with Gasteiger partial charge in [-0.1, -0.05) is 0 Å². The molecule has 216 valence electrons. The highest BCUT2D eigenvalue weighted by Gasteiger charge is 2.24. The minimum Gasteiger partial charge on any atom is -0.456 e. The molecule has 1 saturated heterocycles. The minimum atomic E-state index is -3.58. The molecule has 1 N–H and O–H groups in total. The highest BCUT2D eigenvalue weighted by molar-refractivity contribution is 7.92. The third kappa shape index (κ3) is 5.85. The first-order valence-corrected chi connectivity index (χ1v) is 15.5. The van der Waals surface area contributed by atoms with Gasteiger partial charge in [-0.05, 0) is 68.3 Å². The fourth-order valence-corrected chi connectivity index (χ4v) is 6.56. The number of ether oxygens (including phenoxy) is 2. The van der Waals surface area contributed by atoms with Gasteiger partial charge in [0.25, 0.3) is 11.5 Å². The van der Waals surface area contributed by atoms with E-state index in [2.05, 4.69) is 4.72 Å². The molecule has 0 aliphatic carbocycles. The Bertz CT molecular complexity index is 1800. The van der Waals surface area contributed by atoms with Gasteiger partial charge in [0.05, 0.1) is 33.9 Å². The largest absolute Gasteiger partial charge is 0.456 e. The molecule has 0 bridgehead atoms. The Labute approximate surface area is 241 Å². The number of sulfonamides is 1. The molecule has 0 saturated carbocycles. The topological polar surface area (TPSA) is 107 Å². The maximum absolute atomic E-state index is 14.0. The van der Waals surface area contributed by atoms with Crippen LogP contribution < -0.4 is 15.0 Å². The number of hydrogen-bond acceptors (Lipinski definition) is 7. The smallest absolute Gasteiger partial charge is 0.264 e. The average Bonchev–Trinajstić information content (AvgIpc) is 3.39. The Morgan fingerprint density at radius 2 is 1.78 bits per heavy atom. The van der Waals surface area contributed by atoms with Crippen molar-refractivity contribution < 1.29 is 27.1 Å². The van der Waals surface area contributed by atoms with Crippen molar-refractivity contribution >= 4 is 43.0 Å². The van der Waals surface area contributed by atoms with Gasteiger partial charge in [-0.3, -0.25) is 14.3 Å². The molecule has 0 spiro atoms. The molecule has 1 aliphatic rings. The van der Waals surface area contributed by atoms with Gasteiger partial charge >= 0.3 is 0 Å². The zero-order valence-corrected chi connectivity index (χ0v) is 24.7. The number of amides is 1. The maximum Gasteiger partial charge on any atom is 0.264 e. The Morgan fingerprint density at radius 3 is 2.44 bits per heavy atom. The van der Waals surface area contributed by atoms with Crippen LogP contribution in [0.4, 0.5) is 10.1 Å². The van der Waals surface area contributed by atoms with Crippen molar-refractivity contribution in [3.63, 3.8) is 0 Å². The number of aryl methyl sites for hydroxylation is 3. The van der Waals surface area contributed by atoms with E-state index in [1.807, 2.05) is 0 Å². The van der Waals surface area contributed by atoms with Crippen LogP contribution in [0.5, 0.6) is 11.5 Å². The Balaban J connectivity index is 1.70. The number of aromatic nitrogens is 1. The number of pyridine rings is 1. The summed E-state index contributed by atoms with van der Waals surface area (Å²) in [6.45, 7) is 6.85. The number of nitrogens with zero attached hydrogens (tertiary/aromatic N) is 2. The number of hydrogen-bond donors (Lipinski definition) is 1. The van der Waals surface area contributed by atoms with Crippen molar-refractivity contribution in [2.45, 2.75) is 20.8 Å². The second kappa shape index (κ2) is 11.3. The lowest BCUT2D eigenvalue weighted by Crippen LogP contribution is -2.40. The number of anilines is 1. The normalized spacial score (nSPS) is 13.9. The quantitative estimate of drug-likeness (QED) is 0.319. The van der Waals surface area contributed by atoms with E-state index in [1.165, 1.54) is 35.0 Å². The van der Waals surface area contributed by atoms with E-state index in [0.29, 0.717) is 80.7 Å². The number of thiophene rings is 1. The fraction of sp³-hybridized carbons (Fsp3) is 0.310. The summed E-state index contributed by atoms with van der Waals surface area (Å²) in [6.07, 6.45) is 1.65. The monoisotopic (exact) mass is 599 g/mol.